The van der Waals surface area contributed by atoms with E-state index in [4.69, 9.17) is 16.3 Å². The van der Waals surface area contributed by atoms with Crippen LogP contribution in [0.15, 0.2) is 83.1 Å². The van der Waals surface area contributed by atoms with Gasteiger partial charge >= 0.3 is 0 Å². The number of carbonyl (C=O) groups excluding carboxylic acids is 1. The molecule has 4 aromatic rings. The molecule has 0 radical (unpaired) electrons. The highest BCUT2D eigenvalue weighted by Gasteiger charge is 2.17. The van der Waals surface area contributed by atoms with Crippen LogP contribution >= 0.6 is 23.4 Å². The molecule has 0 saturated heterocycles. The largest absolute Gasteiger partial charge is 0.504 e. The molecule has 178 valence electrons. The molecule has 0 aliphatic heterocycles. The molecule has 0 unspecified atom stereocenters. The lowest BCUT2D eigenvalue weighted by molar-refractivity contribution is -0.118. The molecule has 1 amide bonds. The van der Waals surface area contributed by atoms with Crippen molar-refractivity contribution in [1.29, 1.82) is 0 Å². The number of phenols is 1. The second kappa shape index (κ2) is 11.5. The van der Waals surface area contributed by atoms with Crippen molar-refractivity contribution in [3.63, 3.8) is 0 Å². The van der Waals surface area contributed by atoms with Gasteiger partial charge in [-0.05, 0) is 55.0 Å². The van der Waals surface area contributed by atoms with Crippen LogP contribution in [-0.4, -0.2) is 44.4 Å². The van der Waals surface area contributed by atoms with Crippen LogP contribution in [0.25, 0.3) is 17.1 Å². The minimum Gasteiger partial charge on any atom is -0.504 e. The summed E-state index contributed by atoms with van der Waals surface area (Å²) in [5.74, 6) is 0.837. The maximum Gasteiger partial charge on any atom is 0.250 e. The zero-order chi connectivity index (χ0) is 24.6. The summed E-state index contributed by atoms with van der Waals surface area (Å²) < 4.78 is 7.24. The second-order valence-corrected chi connectivity index (χ2v) is 8.60. The van der Waals surface area contributed by atoms with Gasteiger partial charge in [0.2, 0.25) is 0 Å². The number of hydrogen-bond acceptors (Lipinski definition) is 7. The number of benzene rings is 3. The SMILES string of the molecule is CCOc1cc(/C=N\NC(=O)CSc2nnc(-c3ccccc3)n2-c2ccc(Cl)cc2)ccc1O. The van der Waals surface area contributed by atoms with E-state index in [0.29, 0.717) is 33.9 Å². The lowest BCUT2D eigenvalue weighted by atomic mass is 10.2. The number of ether oxygens (including phenoxy) is 1. The van der Waals surface area contributed by atoms with Crippen LogP contribution in [0.4, 0.5) is 0 Å². The highest BCUT2D eigenvalue weighted by molar-refractivity contribution is 7.99. The van der Waals surface area contributed by atoms with Crippen LogP contribution in [0, 0.1) is 0 Å². The van der Waals surface area contributed by atoms with Crippen molar-refractivity contribution in [2.45, 2.75) is 12.1 Å². The van der Waals surface area contributed by atoms with Gasteiger partial charge in [0.25, 0.3) is 5.91 Å². The van der Waals surface area contributed by atoms with E-state index in [2.05, 4.69) is 20.7 Å². The summed E-state index contributed by atoms with van der Waals surface area (Å²) in [6.45, 7) is 2.25. The van der Waals surface area contributed by atoms with E-state index in [1.54, 1.807) is 24.3 Å². The van der Waals surface area contributed by atoms with E-state index >= 15 is 0 Å². The number of halogens is 1. The Morgan fingerprint density at radius 2 is 1.91 bits per heavy atom. The quantitative estimate of drug-likeness (QED) is 0.189. The van der Waals surface area contributed by atoms with Crippen molar-refractivity contribution in [3.05, 3.63) is 83.4 Å². The zero-order valence-electron chi connectivity index (χ0n) is 18.8. The first-order chi connectivity index (χ1) is 17.0. The number of hydrazone groups is 1. The highest BCUT2D eigenvalue weighted by atomic mass is 35.5. The molecule has 1 aromatic heterocycles. The van der Waals surface area contributed by atoms with Crippen molar-refractivity contribution in [2.24, 2.45) is 5.10 Å². The fourth-order valence-corrected chi connectivity index (χ4v) is 4.05. The van der Waals surface area contributed by atoms with Crippen LogP contribution < -0.4 is 10.2 Å². The third-order valence-electron chi connectivity index (χ3n) is 4.77. The maximum atomic E-state index is 12.4. The number of hydrogen-bond donors (Lipinski definition) is 2. The fourth-order valence-electron chi connectivity index (χ4n) is 3.18. The van der Waals surface area contributed by atoms with E-state index in [-0.39, 0.29) is 17.4 Å². The van der Waals surface area contributed by atoms with Crippen molar-refractivity contribution >= 4 is 35.5 Å². The number of thioether (sulfide) groups is 1. The van der Waals surface area contributed by atoms with Crippen LogP contribution in [0.2, 0.25) is 5.02 Å². The third-order valence-corrected chi connectivity index (χ3v) is 5.95. The molecule has 1 heterocycles. The number of aromatic hydroxyl groups is 1. The molecular weight excluding hydrogens is 486 g/mol. The summed E-state index contributed by atoms with van der Waals surface area (Å²) in [5, 5.41) is 23.6. The van der Waals surface area contributed by atoms with Crippen molar-refractivity contribution in [1.82, 2.24) is 20.2 Å². The smallest absolute Gasteiger partial charge is 0.250 e. The Labute approximate surface area is 211 Å². The third kappa shape index (κ3) is 6.20. The minimum atomic E-state index is -0.304. The zero-order valence-corrected chi connectivity index (χ0v) is 20.3. The predicted molar refractivity (Wildman–Crippen MR) is 138 cm³/mol. The number of aromatic nitrogens is 3. The van der Waals surface area contributed by atoms with Gasteiger partial charge in [-0.3, -0.25) is 9.36 Å². The second-order valence-electron chi connectivity index (χ2n) is 7.23. The number of nitrogens with one attached hydrogen (secondary N) is 1. The van der Waals surface area contributed by atoms with Gasteiger partial charge in [0.05, 0.1) is 18.6 Å². The monoisotopic (exact) mass is 507 g/mol. The van der Waals surface area contributed by atoms with Crippen LogP contribution in [0.3, 0.4) is 0 Å². The van der Waals surface area contributed by atoms with Gasteiger partial charge < -0.3 is 9.84 Å². The summed E-state index contributed by atoms with van der Waals surface area (Å²) in [6, 6.07) is 21.9. The number of rotatable bonds is 9. The molecular formula is C25H22ClN5O3S. The van der Waals surface area contributed by atoms with Gasteiger partial charge in [0.15, 0.2) is 22.5 Å². The molecule has 3 aromatic carbocycles. The van der Waals surface area contributed by atoms with Crippen molar-refractivity contribution in [3.8, 4) is 28.6 Å². The molecule has 2 N–H and O–H groups in total. The average molecular weight is 508 g/mol. The van der Waals surface area contributed by atoms with E-state index < -0.39 is 0 Å². The fraction of sp³-hybridized carbons (Fsp3) is 0.120. The Morgan fingerprint density at radius 3 is 2.66 bits per heavy atom. The molecule has 35 heavy (non-hydrogen) atoms. The number of amides is 1. The lowest BCUT2D eigenvalue weighted by Gasteiger charge is -2.10. The summed E-state index contributed by atoms with van der Waals surface area (Å²) in [6.07, 6.45) is 1.48. The van der Waals surface area contributed by atoms with Crippen LogP contribution in [0.5, 0.6) is 11.5 Å². The first-order valence-electron chi connectivity index (χ1n) is 10.7. The topological polar surface area (TPSA) is 102 Å². The Kier molecular flexibility index (Phi) is 8.02. The molecule has 0 fully saturated rings. The summed E-state index contributed by atoms with van der Waals surface area (Å²) >= 11 is 7.31. The van der Waals surface area contributed by atoms with E-state index in [1.165, 1.54) is 24.0 Å². The number of phenolic OH excluding ortho intramolecular Hbond substituents is 1. The molecule has 0 atom stereocenters. The lowest BCUT2D eigenvalue weighted by Crippen LogP contribution is -2.20. The first kappa shape index (κ1) is 24.3. The number of carbonyl (C=O) groups is 1. The van der Waals surface area contributed by atoms with Crippen molar-refractivity contribution in [2.75, 3.05) is 12.4 Å². The Morgan fingerprint density at radius 1 is 1.14 bits per heavy atom. The Bertz CT molecular complexity index is 1330. The molecule has 0 bridgehead atoms. The Balaban J connectivity index is 1.46. The molecule has 0 aliphatic rings. The predicted octanol–water partition coefficient (Wildman–Crippen LogP) is 4.93. The van der Waals surface area contributed by atoms with Gasteiger partial charge in [0.1, 0.15) is 0 Å². The van der Waals surface area contributed by atoms with E-state index in [1.807, 2.05) is 54.0 Å². The summed E-state index contributed by atoms with van der Waals surface area (Å²) in [5.41, 5.74) is 4.91. The van der Waals surface area contributed by atoms with Crippen molar-refractivity contribution < 1.29 is 14.6 Å². The standard InChI is InChI=1S/C25H22ClN5O3S/c1-2-34-22-14-17(8-13-21(22)32)15-27-28-23(33)16-35-25-30-29-24(18-6-4-3-5-7-18)31(25)20-11-9-19(26)10-12-20/h3-15,32H,2,16H2,1H3,(H,28,33)/b27-15-. The van der Waals surface area contributed by atoms with Gasteiger partial charge in [0, 0.05) is 16.3 Å². The van der Waals surface area contributed by atoms with E-state index in [9.17, 15) is 9.90 Å². The molecule has 0 spiro atoms. The molecule has 8 nitrogen and oxygen atoms in total. The highest BCUT2D eigenvalue weighted by Crippen LogP contribution is 2.29. The molecule has 0 saturated carbocycles. The summed E-state index contributed by atoms with van der Waals surface area (Å²) in [4.78, 5) is 12.4. The first-order valence-corrected chi connectivity index (χ1v) is 12.1. The normalized spacial score (nSPS) is 11.0. The average Bonchev–Trinajstić information content (AvgIpc) is 3.30. The summed E-state index contributed by atoms with van der Waals surface area (Å²) in [7, 11) is 0. The van der Waals surface area contributed by atoms with Crippen LogP contribution in [-0.2, 0) is 4.79 Å². The van der Waals surface area contributed by atoms with Gasteiger partial charge in [-0.2, -0.15) is 5.10 Å². The minimum absolute atomic E-state index is 0.0455. The Hall–Kier alpha value is -3.82. The molecule has 4 rings (SSSR count). The van der Waals surface area contributed by atoms with Crippen LogP contribution in [0.1, 0.15) is 12.5 Å². The number of nitrogens with zero attached hydrogens (tertiary/aromatic N) is 4. The van der Waals surface area contributed by atoms with Gasteiger partial charge in [-0.15, -0.1) is 10.2 Å². The van der Waals surface area contributed by atoms with Gasteiger partial charge in [-0.25, -0.2) is 5.43 Å². The van der Waals surface area contributed by atoms with Gasteiger partial charge in [-0.1, -0.05) is 53.7 Å². The maximum absolute atomic E-state index is 12.4. The molecule has 10 heteroatoms. The van der Waals surface area contributed by atoms with E-state index in [0.717, 1.165) is 11.3 Å². The molecule has 0 aliphatic carbocycles.